The maximum atomic E-state index is 13.3. The summed E-state index contributed by atoms with van der Waals surface area (Å²) in [6.45, 7) is 2.87. The molecule has 0 aliphatic rings. The van der Waals surface area contributed by atoms with E-state index in [0.29, 0.717) is 51.1 Å². The highest BCUT2D eigenvalue weighted by atomic mass is 19.1. The zero-order valence-electron chi connectivity index (χ0n) is 15.4. The van der Waals surface area contributed by atoms with Gasteiger partial charge in [-0.1, -0.05) is 0 Å². The summed E-state index contributed by atoms with van der Waals surface area (Å²) in [7, 11) is 1.62. The molecular weight excluding hydrogens is 374 g/mol. The number of aromatic hydroxyl groups is 1. The summed E-state index contributed by atoms with van der Waals surface area (Å²) in [4.78, 5) is 0. The fraction of sp³-hybridized carbons (Fsp3) is 0.368. The van der Waals surface area contributed by atoms with E-state index in [9.17, 15) is 8.78 Å². The van der Waals surface area contributed by atoms with Crippen molar-refractivity contribution >= 4 is 11.4 Å². The van der Waals surface area contributed by atoms with Crippen molar-refractivity contribution < 1.29 is 32.8 Å². The van der Waals surface area contributed by atoms with Crippen molar-refractivity contribution in [2.45, 2.75) is 0 Å². The molecule has 0 bridgehead atoms. The molecule has 2 rings (SSSR count). The molecule has 0 radical (unpaired) electrons. The summed E-state index contributed by atoms with van der Waals surface area (Å²) in [6.07, 6.45) is 0. The van der Waals surface area contributed by atoms with Crippen LogP contribution in [0.2, 0.25) is 0 Å². The van der Waals surface area contributed by atoms with E-state index in [0.717, 1.165) is 12.1 Å². The number of phenols is 1. The van der Waals surface area contributed by atoms with E-state index in [1.54, 1.807) is 31.4 Å². The lowest BCUT2D eigenvalue weighted by molar-refractivity contribution is 0.0180. The quantitative estimate of drug-likeness (QED) is 0.431. The number of halogens is 2. The standard InChI is InChI=1S/C19H22F2N2O5/c1-25-6-7-26-8-9-27-10-11-28-16-4-2-14(3-5-16)22-23-15-12-17(20)19(24)18(21)13-15/h2-5,12-13,24H,6-11H2,1H3. The van der Waals surface area contributed by atoms with Crippen molar-refractivity contribution in [3.05, 3.63) is 48.0 Å². The Balaban J connectivity index is 1.70. The summed E-state index contributed by atoms with van der Waals surface area (Å²) < 4.78 is 47.5. The van der Waals surface area contributed by atoms with Crippen molar-refractivity contribution in [2.24, 2.45) is 10.2 Å². The van der Waals surface area contributed by atoms with Crippen LogP contribution < -0.4 is 4.74 Å². The Labute approximate surface area is 161 Å². The van der Waals surface area contributed by atoms with Gasteiger partial charge in [-0.3, -0.25) is 0 Å². The first-order chi connectivity index (χ1) is 13.6. The van der Waals surface area contributed by atoms with E-state index in [1.807, 2.05) is 0 Å². The second-order valence-corrected chi connectivity index (χ2v) is 5.52. The fourth-order valence-corrected chi connectivity index (χ4v) is 2.02. The molecule has 0 saturated carbocycles. The summed E-state index contributed by atoms with van der Waals surface area (Å²) in [5, 5.41) is 16.7. The second kappa shape index (κ2) is 12.0. The highest BCUT2D eigenvalue weighted by molar-refractivity contribution is 5.45. The van der Waals surface area contributed by atoms with E-state index >= 15 is 0 Å². The Hall–Kier alpha value is -2.62. The Morgan fingerprint density at radius 2 is 1.32 bits per heavy atom. The average Bonchev–Trinajstić information content (AvgIpc) is 2.70. The fourth-order valence-electron chi connectivity index (χ4n) is 2.02. The lowest BCUT2D eigenvalue weighted by atomic mass is 10.3. The van der Waals surface area contributed by atoms with Gasteiger partial charge >= 0.3 is 0 Å². The lowest BCUT2D eigenvalue weighted by Gasteiger charge is -2.07. The molecule has 0 fully saturated rings. The molecule has 7 nitrogen and oxygen atoms in total. The lowest BCUT2D eigenvalue weighted by Crippen LogP contribution is -2.12. The Morgan fingerprint density at radius 3 is 1.93 bits per heavy atom. The van der Waals surface area contributed by atoms with Gasteiger partial charge in [0.15, 0.2) is 17.4 Å². The molecule has 0 saturated heterocycles. The molecule has 9 heteroatoms. The third kappa shape index (κ3) is 7.55. The minimum Gasteiger partial charge on any atom is -0.503 e. The molecule has 2 aromatic rings. The van der Waals surface area contributed by atoms with E-state index < -0.39 is 17.4 Å². The maximum absolute atomic E-state index is 13.3. The molecule has 152 valence electrons. The van der Waals surface area contributed by atoms with Gasteiger partial charge < -0.3 is 24.1 Å². The van der Waals surface area contributed by atoms with Crippen LogP contribution in [0.15, 0.2) is 46.6 Å². The van der Waals surface area contributed by atoms with Crippen LogP contribution in [0.5, 0.6) is 11.5 Å². The first-order valence-corrected chi connectivity index (χ1v) is 8.57. The minimum atomic E-state index is -1.10. The molecular formula is C19H22F2N2O5. The van der Waals surface area contributed by atoms with Crippen LogP contribution in [-0.2, 0) is 14.2 Å². The first-order valence-electron chi connectivity index (χ1n) is 8.57. The van der Waals surface area contributed by atoms with Crippen LogP contribution in [0.4, 0.5) is 20.2 Å². The molecule has 0 aliphatic carbocycles. The molecule has 2 aromatic carbocycles. The number of hydrogen-bond donors (Lipinski definition) is 1. The van der Waals surface area contributed by atoms with E-state index in [4.69, 9.17) is 24.1 Å². The average molecular weight is 396 g/mol. The number of rotatable bonds is 12. The SMILES string of the molecule is COCCOCCOCCOc1ccc(N=Nc2cc(F)c(O)c(F)c2)cc1. The monoisotopic (exact) mass is 396 g/mol. The predicted molar refractivity (Wildman–Crippen MR) is 97.6 cm³/mol. The summed E-state index contributed by atoms with van der Waals surface area (Å²) in [5.74, 6) is -2.61. The minimum absolute atomic E-state index is 0.0449. The van der Waals surface area contributed by atoms with Crippen LogP contribution in [0.1, 0.15) is 0 Å². The summed E-state index contributed by atoms with van der Waals surface area (Å²) >= 11 is 0. The smallest absolute Gasteiger partial charge is 0.187 e. The van der Waals surface area contributed by atoms with Crippen molar-refractivity contribution in [3.8, 4) is 11.5 Å². The molecule has 0 aromatic heterocycles. The Morgan fingerprint density at radius 1 is 0.786 bits per heavy atom. The number of benzene rings is 2. The van der Waals surface area contributed by atoms with Gasteiger partial charge in [0.1, 0.15) is 12.4 Å². The zero-order chi connectivity index (χ0) is 20.2. The van der Waals surface area contributed by atoms with Gasteiger partial charge in [-0.15, -0.1) is 0 Å². The van der Waals surface area contributed by atoms with Crippen molar-refractivity contribution in [3.63, 3.8) is 0 Å². The first kappa shape index (κ1) is 21.7. The van der Waals surface area contributed by atoms with Crippen molar-refractivity contribution in [1.82, 2.24) is 0 Å². The van der Waals surface area contributed by atoms with Gasteiger partial charge in [0.05, 0.1) is 44.4 Å². The van der Waals surface area contributed by atoms with E-state index in [2.05, 4.69) is 10.2 Å². The molecule has 0 heterocycles. The van der Waals surface area contributed by atoms with Crippen LogP contribution >= 0.6 is 0 Å². The van der Waals surface area contributed by atoms with E-state index in [1.165, 1.54) is 0 Å². The number of azo groups is 1. The third-order valence-electron chi connectivity index (χ3n) is 3.42. The van der Waals surface area contributed by atoms with Crippen molar-refractivity contribution in [2.75, 3.05) is 46.8 Å². The van der Waals surface area contributed by atoms with Gasteiger partial charge in [-0.2, -0.15) is 10.2 Å². The van der Waals surface area contributed by atoms with Gasteiger partial charge in [0, 0.05) is 19.2 Å². The van der Waals surface area contributed by atoms with Gasteiger partial charge in [-0.25, -0.2) is 8.78 Å². The van der Waals surface area contributed by atoms with Crippen LogP contribution in [0.3, 0.4) is 0 Å². The zero-order valence-corrected chi connectivity index (χ0v) is 15.4. The molecule has 0 amide bonds. The molecule has 0 aliphatic heterocycles. The number of nitrogens with zero attached hydrogens (tertiary/aromatic N) is 2. The number of phenolic OH excluding ortho intramolecular Hbond substituents is 1. The van der Waals surface area contributed by atoms with E-state index in [-0.39, 0.29) is 5.69 Å². The van der Waals surface area contributed by atoms with Gasteiger partial charge in [0.25, 0.3) is 0 Å². The largest absolute Gasteiger partial charge is 0.503 e. The predicted octanol–water partition coefficient (Wildman–Crippen LogP) is 4.14. The number of hydrogen-bond acceptors (Lipinski definition) is 7. The highest BCUT2D eigenvalue weighted by Gasteiger charge is 2.09. The molecule has 28 heavy (non-hydrogen) atoms. The number of methoxy groups -OCH3 is 1. The maximum Gasteiger partial charge on any atom is 0.187 e. The summed E-state index contributed by atoms with van der Waals surface area (Å²) in [6, 6.07) is 8.47. The molecule has 1 N–H and O–H groups in total. The molecule has 0 spiro atoms. The summed E-state index contributed by atoms with van der Waals surface area (Å²) in [5.41, 5.74) is 0.433. The van der Waals surface area contributed by atoms with Crippen LogP contribution in [-0.4, -0.2) is 51.9 Å². The normalized spacial score (nSPS) is 11.2. The Kier molecular flexibility index (Phi) is 9.26. The van der Waals surface area contributed by atoms with Crippen molar-refractivity contribution in [1.29, 1.82) is 0 Å². The highest BCUT2D eigenvalue weighted by Crippen LogP contribution is 2.27. The molecule has 0 unspecified atom stereocenters. The van der Waals surface area contributed by atoms with Crippen LogP contribution in [0, 0.1) is 11.6 Å². The molecule has 0 atom stereocenters. The third-order valence-corrected chi connectivity index (χ3v) is 3.42. The Bertz CT molecular complexity index is 733. The van der Waals surface area contributed by atoms with Crippen LogP contribution in [0.25, 0.3) is 0 Å². The van der Waals surface area contributed by atoms with Gasteiger partial charge in [0.2, 0.25) is 0 Å². The number of ether oxygens (including phenoxy) is 4. The topological polar surface area (TPSA) is 81.9 Å². The van der Waals surface area contributed by atoms with Gasteiger partial charge in [-0.05, 0) is 24.3 Å². The second-order valence-electron chi connectivity index (χ2n) is 5.52.